The first-order chi connectivity index (χ1) is 12.0. The van der Waals surface area contributed by atoms with Crippen LogP contribution in [0.4, 0.5) is 10.5 Å². The van der Waals surface area contributed by atoms with Crippen LogP contribution in [0.2, 0.25) is 0 Å². The molecule has 0 bridgehead atoms. The summed E-state index contributed by atoms with van der Waals surface area (Å²) >= 11 is 0. The summed E-state index contributed by atoms with van der Waals surface area (Å²) in [5.74, 6) is -0.299. The monoisotopic (exact) mass is 346 g/mol. The molecule has 1 N–H and O–H groups in total. The summed E-state index contributed by atoms with van der Waals surface area (Å²) in [4.78, 5) is 41.0. The molecule has 3 amide bonds. The Morgan fingerprint density at radius 2 is 1.84 bits per heavy atom. The Morgan fingerprint density at radius 1 is 1.20 bits per heavy atom. The number of quaternary nitrogens is 1. The lowest BCUT2D eigenvalue weighted by Gasteiger charge is -2.33. The highest BCUT2D eigenvalue weighted by Crippen LogP contribution is 2.22. The molecule has 2 aliphatic rings. The van der Waals surface area contributed by atoms with Crippen molar-refractivity contribution in [2.75, 3.05) is 37.7 Å². The summed E-state index contributed by atoms with van der Waals surface area (Å²) < 4.78 is 5.01. The van der Waals surface area contributed by atoms with Gasteiger partial charge in [-0.05, 0) is 26.0 Å². The van der Waals surface area contributed by atoms with Crippen LogP contribution in [0.5, 0.6) is 0 Å². The van der Waals surface area contributed by atoms with Crippen molar-refractivity contribution >= 4 is 23.6 Å². The van der Waals surface area contributed by atoms with E-state index in [0.29, 0.717) is 38.5 Å². The Morgan fingerprint density at radius 3 is 2.44 bits per heavy atom. The van der Waals surface area contributed by atoms with Crippen LogP contribution >= 0.6 is 0 Å². The number of piperazine rings is 1. The zero-order valence-electron chi connectivity index (χ0n) is 14.7. The van der Waals surface area contributed by atoms with Gasteiger partial charge in [0.2, 0.25) is 5.91 Å². The third-order valence-corrected chi connectivity index (χ3v) is 4.86. The van der Waals surface area contributed by atoms with Gasteiger partial charge >= 0.3 is 6.09 Å². The summed E-state index contributed by atoms with van der Waals surface area (Å²) in [6, 6.07) is 7.05. The molecule has 25 heavy (non-hydrogen) atoms. The molecule has 3 rings (SSSR count). The third-order valence-electron chi connectivity index (χ3n) is 4.86. The molecule has 0 aliphatic carbocycles. The van der Waals surface area contributed by atoms with Gasteiger partial charge in [-0.1, -0.05) is 17.7 Å². The van der Waals surface area contributed by atoms with Crippen molar-refractivity contribution in [3.8, 4) is 0 Å². The molecular formula is C18H24N3O4+. The van der Waals surface area contributed by atoms with Crippen LogP contribution in [-0.4, -0.2) is 61.6 Å². The molecule has 1 aromatic carbocycles. The Bertz CT molecular complexity index is 665. The van der Waals surface area contributed by atoms with Crippen LogP contribution in [0.1, 0.15) is 18.9 Å². The summed E-state index contributed by atoms with van der Waals surface area (Å²) in [5, 5.41) is 0. The number of anilines is 1. The van der Waals surface area contributed by atoms with Crippen LogP contribution in [0, 0.1) is 6.92 Å². The van der Waals surface area contributed by atoms with Crippen molar-refractivity contribution in [1.29, 1.82) is 0 Å². The van der Waals surface area contributed by atoms with Gasteiger partial charge in [0.1, 0.15) is 0 Å². The summed E-state index contributed by atoms with van der Waals surface area (Å²) in [7, 11) is 0. The molecule has 2 heterocycles. The van der Waals surface area contributed by atoms with Crippen molar-refractivity contribution in [3.63, 3.8) is 0 Å². The van der Waals surface area contributed by atoms with Gasteiger partial charge in [-0.3, -0.25) is 14.5 Å². The summed E-state index contributed by atoms with van der Waals surface area (Å²) in [5.41, 5.74) is 1.72. The minimum atomic E-state index is -0.363. The quantitative estimate of drug-likeness (QED) is 0.781. The van der Waals surface area contributed by atoms with Crippen LogP contribution in [0.15, 0.2) is 24.3 Å². The molecule has 1 atom stereocenters. The number of carbonyl (C=O) groups excluding carboxylic acids is 3. The summed E-state index contributed by atoms with van der Waals surface area (Å²) in [6.07, 6.45) is -0.0850. The predicted molar refractivity (Wildman–Crippen MR) is 91.4 cm³/mol. The Balaban J connectivity index is 1.65. The number of carbonyl (C=O) groups is 3. The van der Waals surface area contributed by atoms with Gasteiger partial charge in [0.25, 0.3) is 5.91 Å². The summed E-state index contributed by atoms with van der Waals surface area (Å²) in [6.45, 7) is 6.46. The third kappa shape index (κ3) is 3.51. The van der Waals surface area contributed by atoms with E-state index >= 15 is 0 Å². The van der Waals surface area contributed by atoms with E-state index in [4.69, 9.17) is 4.74 Å². The lowest BCUT2D eigenvalue weighted by molar-refractivity contribution is -0.918. The first-order valence-corrected chi connectivity index (χ1v) is 8.71. The van der Waals surface area contributed by atoms with Crippen LogP contribution in [0.3, 0.4) is 0 Å². The number of ether oxygens (including phenoxy) is 1. The molecule has 1 aromatic rings. The molecule has 2 fully saturated rings. The molecule has 0 radical (unpaired) electrons. The van der Waals surface area contributed by atoms with Gasteiger partial charge < -0.3 is 9.64 Å². The first-order valence-electron chi connectivity index (χ1n) is 8.71. The number of rotatable bonds is 3. The van der Waals surface area contributed by atoms with Gasteiger partial charge in [0.15, 0.2) is 6.04 Å². The Kier molecular flexibility index (Phi) is 5.03. The zero-order valence-corrected chi connectivity index (χ0v) is 14.7. The Labute approximate surface area is 147 Å². The normalized spacial score (nSPS) is 21.8. The maximum Gasteiger partial charge on any atom is 0.410 e. The lowest BCUT2D eigenvalue weighted by atomic mass is 10.2. The predicted octanol–water partition coefficient (Wildman–Crippen LogP) is -0.0161. The van der Waals surface area contributed by atoms with Crippen LogP contribution < -0.4 is 9.80 Å². The lowest BCUT2D eigenvalue weighted by Crippen LogP contribution is -3.19. The number of aryl methyl sites for hydroxylation is 1. The topological polar surface area (TPSA) is 71.4 Å². The van der Waals surface area contributed by atoms with E-state index in [2.05, 4.69) is 0 Å². The molecule has 134 valence electrons. The number of imide groups is 1. The van der Waals surface area contributed by atoms with Crippen molar-refractivity contribution in [2.45, 2.75) is 26.3 Å². The van der Waals surface area contributed by atoms with E-state index < -0.39 is 0 Å². The minimum Gasteiger partial charge on any atom is -0.450 e. The number of nitrogens with one attached hydrogen (secondary N) is 1. The van der Waals surface area contributed by atoms with Gasteiger partial charge in [-0.25, -0.2) is 9.69 Å². The molecule has 0 aromatic heterocycles. The first kappa shape index (κ1) is 17.4. The van der Waals surface area contributed by atoms with E-state index in [1.807, 2.05) is 31.2 Å². The number of benzene rings is 1. The number of hydrogen-bond donors (Lipinski definition) is 1. The zero-order chi connectivity index (χ0) is 18.0. The van der Waals surface area contributed by atoms with Crippen molar-refractivity contribution < 1.29 is 24.0 Å². The highest BCUT2D eigenvalue weighted by atomic mass is 16.6. The van der Waals surface area contributed by atoms with Crippen LogP contribution in [-0.2, 0) is 14.3 Å². The highest BCUT2D eigenvalue weighted by molar-refractivity contribution is 6.21. The van der Waals surface area contributed by atoms with E-state index in [0.717, 1.165) is 10.5 Å². The van der Waals surface area contributed by atoms with Crippen molar-refractivity contribution in [1.82, 2.24) is 4.90 Å². The molecule has 0 unspecified atom stereocenters. The van der Waals surface area contributed by atoms with Crippen LogP contribution in [0.25, 0.3) is 0 Å². The van der Waals surface area contributed by atoms with E-state index in [9.17, 15) is 14.4 Å². The fourth-order valence-corrected chi connectivity index (χ4v) is 3.46. The molecule has 0 saturated carbocycles. The average Bonchev–Trinajstić information content (AvgIpc) is 2.91. The molecule has 2 saturated heterocycles. The standard InChI is InChI=1S/C18H23N3O4/c1-3-25-18(24)20-10-8-19(9-11-20)15-12-16(22)21(17(15)23)14-6-4-13(2)5-7-14/h4-7,15H,3,8-12H2,1-2H3/p+1/t15-/m0/s1. The maximum atomic E-state index is 12.8. The largest absolute Gasteiger partial charge is 0.450 e. The van der Waals surface area contributed by atoms with E-state index in [-0.39, 0.29) is 30.4 Å². The van der Waals surface area contributed by atoms with Gasteiger partial charge in [0, 0.05) is 0 Å². The maximum absolute atomic E-state index is 12.8. The fraction of sp³-hybridized carbons (Fsp3) is 0.500. The number of hydrogen-bond acceptors (Lipinski definition) is 4. The SMILES string of the molecule is CCOC(=O)N1CC[NH+]([C@H]2CC(=O)N(c3ccc(C)cc3)C2=O)CC1. The minimum absolute atomic E-state index is 0.145. The second kappa shape index (κ2) is 7.23. The Hall–Kier alpha value is -2.41. The van der Waals surface area contributed by atoms with Crippen molar-refractivity contribution in [2.24, 2.45) is 0 Å². The van der Waals surface area contributed by atoms with E-state index in [1.54, 1.807) is 11.8 Å². The van der Waals surface area contributed by atoms with Gasteiger partial charge in [-0.15, -0.1) is 0 Å². The molecule has 7 heteroatoms. The molecule has 7 nitrogen and oxygen atoms in total. The molecule has 0 spiro atoms. The molecule has 2 aliphatic heterocycles. The highest BCUT2D eigenvalue weighted by Gasteiger charge is 2.46. The van der Waals surface area contributed by atoms with Gasteiger partial charge in [0.05, 0.1) is 44.9 Å². The number of amides is 3. The second-order valence-corrected chi connectivity index (χ2v) is 6.50. The number of nitrogens with zero attached hydrogens (tertiary/aromatic N) is 2. The van der Waals surface area contributed by atoms with Crippen molar-refractivity contribution in [3.05, 3.63) is 29.8 Å². The van der Waals surface area contributed by atoms with E-state index in [1.165, 1.54) is 4.90 Å². The second-order valence-electron chi connectivity index (χ2n) is 6.50. The molecular weight excluding hydrogens is 322 g/mol. The fourth-order valence-electron chi connectivity index (χ4n) is 3.46. The van der Waals surface area contributed by atoms with Gasteiger partial charge in [-0.2, -0.15) is 0 Å². The smallest absolute Gasteiger partial charge is 0.410 e. The average molecular weight is 346 g/mol.